The molecule has 4 nitrogen and oxygen atoms in total. The van der Waals surface area contributed by atoms with E-state index in [0.29, 0.717) is 17.8 Å². The molecular weight excluding hydrogens is 308 g/mol. The molecule has 4 rings (SSSR count). The Bertz CT molecular complexity index is 907. The molecule has 23 heavy (non-hydrogen) atoms. The number of fused-ring (bicyclic) bond motifs is 2. The van der Waals surface area contributed by atoms with Crippen LogP contribution in [0.15, 0.2) is 23.6 Å². The molecule has 0 atom stereocenters. The Morgan fingerprint density at radius 2 is 2.09 bits per heavy atom. The molecule has 1 aromatic carbocycles. The van der Waals surface area contributed by atoms with Crippen molar-refractivity contribution in [2.24, 2.45) is 0 Å². The zero-order valence-corrected chi connectivity index (χ0v) is 13.8. The fourth-order valence-electron chi connectivity index (χ4n) is 3.46. The standard InChI is InChI=1S/C18H18N2O2S/c1-2-14-16(17(21)22)20-15(10-23-18(20)19-14)13-8-7-11-5-3-4-6-12(11)9-13/h7-10H,2-6H2,1H3,(H,21,22). The molecule has 0 spiro atoms. The van der Waals surface area contributed by atoms with Gasteiger partial charge in [-0.3, -0.25) is 4.40 Å². The molecule has 2 heterocycles. The third kappa shape index (κ3) is 2.27. The molecule has 1 aliphatic carbocycles. The van der Waals surface area contributed by atoms with Gasteiger partial charge >= 0.3 is 5.97 Å². The average molecular weight is 326 g/mol. The number of hydrogen-bond donors (Lipinski definition) is 1. The molecule has 0 unspecified atom stereocenters. The second kappa shape index (κ2) is 5.49. The number of imidazole rings is 1. The highest BCUT2D eigenvalue weighted by atomic mass is 32.1. The Morgan fingerprint density at radius 3 is 2.83 bits per heavy atom. The van der Waals surface area contributed by atoms with Crippen LogP contribution in [0.25, 0.3) is 16.2 Å². The maximum absolute atomic E-state index is 11.7. The summed E-state index contributed by atoms with van der Waals surface area (Å²) in [5.41, 5.74) is 5.81. The van der Waals surface area contributed by atoms with E-state index in [9.17, 15) is 9.90 Å². The molecule has 0 amide bonds. The minimum atomic E-state index is -0.910. The molecule has 118 valence electrons. The van der Waals surface area contributed by atoms with Crippen molar-refractivity contribution in [2.75, 3.05) is 0 Å². The summed E-state index contributed by atoms with van der Waals surface area (Å²) in [5, 5.41) is 11.6. The Morgan fingerprint density at radius 1 is 1.30 bits per heavy atom. The predicted octanol–water partition coefficient (Wildman–Crippen LogP) is 4.20. The Balaban J connectivity index is 1.92. The number of aromatic nitrogens is 2. The molecule has 2 aromatic heterocycles. The number of carbonyl (C=O) groups is 1. The van der Waals surface area contributed by atoms with Crippen LogP contribution in [0.5, 0.6) is 0 Å². The van der Waals surface area contributed by atoms with Crippen LogP contribution >= 0.6 is 11.3 Å². The van der Waals surface area contributed by atoms with E-state index in [4.69, 9.17) is 0 Å². The first kappa shape index (κ1) is 14.5. The van der Waals surface area contributed by atoms with Gasteiger partial charge in [-0.25, -0.2) is 9.78 Å². The first-order valence-corrected chi connectivity index (χ1v) is 8.91. The van der Waals surface area contributed by atoms with Crippen molar-refractivity contribution < 1.29 is 9.90 Å². The molecule has 0 bridgehead atoms. The summed E-state index contributed by atoms with van der Waals surface area (Å²) in [4.78, 5) is 17.0. The highest BCUT2D eigenvalue weighted by Gasteiger charge is 2.22. The number of aromatic carboxylic acids is 1. The lowest BCUT2D eigenvalue weighted by Gasteiger charge is -2.16. The van der Waals surface area contributed by atoms with Gasteiger partial charge in [-0.2, -0.15) is 0 Å². The lowest BCUT2D eigenvalue weighted by atomic mass is 9.90. The number of carboxylic acid groups (broad SMARTS) is 1. The van der Waals surface area contributed by atoms with E-state index >= 15 is 0 Å². The summed E-state index contributed by atoms with van der Waals surface area (Å²) >= 11 is 1.50. The van der Waals surface area contributed by atoms with Crippen LogP contribution in [0.1, 0.15) is 47.1 Å². The number of benzene rings is 1. The van der Waals surface area contributed by atoms with Gasteiger partial charge in [-0.05, 0) is 54.9 Å². The van der Waals surface area contributed by atoms with Crippen LogP contribution in [0.3, 0.4) is 0 Å². The Labute approximate surface area is 138 Å². The number of carboxylic acids is 1. The summed E-state index contributed by atoms with van der Waals surface area (Å²) < 4.78 is 1.80. The molecule has 0 aliphatic heterocycles. The largest absolute Gasteiger partial charge is 0.477 e. The third-order valence-corrected chi connectivity index (χ3v) is 5.44. The van der Waals surface area contributed by atoms with Gasteiger partial charge in [0.2, 0.25) is 0 Å². The SMILES string of the molecule is CCc1nc2scc(-c3ccc4c(c3)CCCC4)n2c1C(=O)O. The van der Waals surface area contributed by atoms with E-state index in [1.165, 1.54) is 35.3 Å². The lowest BCUT2D eigenvalue weighted by molar-refractivity contribution is 0.0688. The summed E-state index contributed by atoms with van der Waals surface area (Å²) in [6.45, 7) is 1.94. The highest BCUT2D eigenvalue weighted by Crippen LogP contribution is 2.32. The molecule has 3 aromatic rings. The zero-order chi connectivity index (χ0) is 16.0. The first-order chi connectivity index (χ1) is 11.2. The number of hydrogen-bond acceptors (Lipinski definition) is 3. The fourth-order valence-corrected chi connectivity index (χ4v) is 4.38. The van der Waals surface area contributed by atoms with Crippen molar-refractivity contribution in [3.05, 3.63) is 46.1 Å². The van der Waals surface area contributed by atoms with Gasteiger partial charge in [0, 0.05) is 5.38 Å². The number of rotatable bonds is 3. The lowest BCUT2D eigenvalue weighted by Crippen LogP contribution is -2.06. The van der Waals surface area contributed by atoms with E-state index in [1.54, 1.807) is 4.40 Å². The van der Waals surface area contributed by atoms with Crippen molar-refractivity contribution in [3.63, 3.8) is 0 Å². The van der Waals surface area contributed by atoms with E-state index < -0.39 is 5.97 Å². The molecular formula is C18H18N2O2S. The van der Waals surface area contributed by atoms with Gasteiger partial charge < -0.3 is 5.11 Å². The van der Waals surface area contributed by atoms with Crippen LogP contribution in [0.2, 0.25) is 0 Å². The van der Waals surface area contributed by atoms with Crippen LogP contribution in [-0.4, -0.2) is 20.5 Å². The third-order valence-electron chi connectivity index (χ3n) is 4.62. The van der Waals surface area contributed by atoms with Crippen LogP contribution in [0.4, 0.5) is 0 Å². The molecule has 1 aliphatic rings. The van der Waals surface area contributed by atoms with E-state index in [-0.39, 0.29) is 0 Å². The Hall–Kier alpha value is -2.14. The molecule has 0 radical (unpaired) electrons. The second-order valence-electron chi connectivity index (χ2n) is 6.00. The normalized spacial score (nSPS) is 14.1. The number of thiazole rings is 1. The van der Waals surface area contributed by atoms with Crippen LogP contribution in [0, 0.1) is 0 Å². The van der Waals surface area contributed by atoms with Crippen LogP contribution < -0.4 is 0 Å². The minimum absolute atomic E-state index is 0.302. The van der Waals surface area contributed by atoms with Crippen LogP contribution in [-0.2, 0) is 19.3 Å². The van der Waals surface area contributed by atoms with Gasteiger partial charge in [0.1, 0.15) is 0 Å². The topological polar surface area (TPSA) is 54.6 Å². The smallest absolute Gasteiger partial charge is 0.354 e. The van der Waals surface area contributed by atoms with Crippen molar-refractivity contribution >= 4 is 22.3 Å². The monoisotopic (exact) mass is 326 g/mol. The summed E-state index contributed by atoms with van der Waals surface area (Å²) in [6, 6.07) is 6.54. The molecule has 0 saturated carbocycles. The average Bonchev–Trinajstić information content (AvgIpc) is 3.12. The van der Waals surface area contributed by atoms with E-state index in [2.05, 4.69) is 23.2 Å². The van der Waals surface area contributed by atoms with E-state index in [0.717, 1.165) is 29.1 Å². The maximum Gasteiger partial charge on any atom is 0.354 e. The van der Waals surface area contributed by atoms with Gasteiger partial charge in [0.25, 0.3) is 0 Å². The summed E-state index contributed by atoms with van der Waals surface area (Å²) in [7, 11) is 0. The van der Waals surface area contributed by atoms with Gasteiger partial charge in [0.05, 0.1) is 11.4 Å². The zero-order valence-electron chi connectivity index (χ0n) is 13.0. The molecule has 5 heteroatoms. The van der Waals surface area contributed by atoms with Gasteiger partial charge in [-0.1, -0.05) is 19.1 Å². The quantitative estimate of drug-likeness (QED) is 0.784. The van der Waals surface area contributed by atoms with Crippen molar-refractivity contribution in [1.29, 1.82) is 0 Å². The van der Waals surface area contributed by atoms with Crippen molar-refractivity contribution in [2.45, 2.75) is 39.0 Å². The highest BCUT2D eigenvalue weighted by molar-refractivity contribution is 7.15. The summed E-state index contributed by atoms with van der Waals surface area (Å²) in [6.07, 6.45) is 5.40. The van der Waals surface area contributed by atoms with Gasteiger partial charge in [0.15, 0.2) is 10.7 Å². The van der Waals surface area contributed by atoms with Crippen molar-refractivity contribution in [3.8, 4) is 11.3 Å². The second-order valence-corrected chi connectivity index (χ2v) is 6.83. The molecule has 1 N–H and O–H groups in total. The summed E-state index contributed by atoms with van der Waals surface area (Å²) in [5.74, 6) is -0.910. The Kier molecular flexibility index (Phi) is 3.45. The predicted molar refractivity (Wildman–Crippen MR) is 91.5 cm³/mol. The minimum Gasteiger partial charge on any atom is -0.477 e. The molecule has 0 saturated heterocycles. The number of aryl methyl sites for hydroxylation is 3. The van der Waals surface area contributed by atoms with Crippen molar-refractivity contribution in [1.82, 2.24) is 9.38 Å². The van der Waals surface area contributed by atoms with E-state index in [1.807, 2.05) is 12.3 Å². The van der Waals surface area contributed by atoms with Gasteiger partial charge in [-0.15, -0.1) is 11.3 Å². The number of nitrogens with zero attached hydrogens (tertiary/aromatic N) is 2. The maximum atomic E-state index is 11.7. The molecule has 0 fully saturated rings. The first-order valence-electron chi connectivity index (χ1n) is 8.03. The fraction of sp³-hybridized carbons (Fsp3) is 0.333.